The summed E-state index contributed by atoms with van der Waals surface area (Å²) in [6.45, 7) is 3.48. The molecule has 3 aromatic rings. The number of nitrogens with two attached hydrogens (primary N) is 1. The molecule has 0 aliphatic carbocycles. The highest BCUT2D eigenvalue weighted by atomic mass is 32.1. The lowest BCUT2D eigenvalue weighted by molar-refractivity contribution is -0.0245. The fourth-order valence-electron chi connectivity index (χ4n) is 3.14. The number of carbonyl (C=O) groups excluding carboxylic acids is 1. The average Bonchev–Trinajstić information content (AvgIpc) is 3.04. The number of carbonyl (C=O) groups is 1. The van der Waals surface area contributed by atoms with E-state index in [4.69, 9.17) is 10.5 Å². The lowest BCUT2D eigenvalue weighted by atomic mass is 10.1. The second-order valence-electron chi connectivity index (χ2n) is 6.23. The summed E-state index contributed by atoms with van der Waals surface area (Å²) in [6, 6.07) is 13.7. The molecule has 6 heteroatoms. The molecule has 0 saturated carbocycles. The van der Waals surface area contributed by atoms with Crippen molar-refractivity contribution in [3.8, 4) is 0 Å². The van der Waals surface area contributed by atoms with E-state index in [0.717, 1.165) is 26.4 Å². The van der Waals surface area contributed by atoms with Gasteiger partial charge in [0.15, 0.2) is 0 Å². The van der Waals surface area contributed by atoms with Gasteiger partial charge < -0.3 is 15.4 Å². The van der Waals surface area contributed by atoms with Crippen molar-refractivity contribution in [2.75, 3.05) is 25.4 Å². The lowest BCUT2D eigenvalue weighted by Crippen LogP contribution is -2.42. The number of thiophene rings is 1. The molecule has 25 heavy (non-hydrogen) atoms. The van der Waals surface area contributed by atoms with Crippen molar-refractivity contribution in [1.29, 1.82) is 0 Å². The first kappa shape index (κ1) is 16.1. The standard InChI is InChI=1S/C19H19N3O2S/c1-12-8-14(20)10-15(21-12)16-11-22(6-7-24-16)19(23)18-9-13-4-2-3-5-17(13)25-18/h2-5,8-10,16H,6-7,11H2,1H3,(H2,20,21)/t16-/m1/s1. The number of benzene rings is 1. The molecule has 0 radical (unpaired) electrons. The van der Waals surface area contributed by atoms with E-state index >= 15 is 0 Å². The molecule has 1 saturated heterocycles. The summed E-state index contributed by atoms with van der Waals surface area (Å²) < 4.78 is 6.97. The van der Waals surface area contributed by atoms with Gasteiger partial charge in [0.1, 0.15) is 6.10 Å². The van der Waals surface area contributed by atoms with Crippen LogP contribution in [0.4, 0.5) is 5.69 Å². The van der Waals surface area contributed by atoms with E-state index in [-0.39, 0.29) is 12.0 Å². The number of anilines is 1. The van der Waals surface area contributed by atoms with Crippen molar-refractivity contribution in [3.05, 3.63) is 58.7 Å². The van der Waals surface area contributed by atoms with E-state index in [1.54, 1.807) is 0 Å². The topological polar surface area (TPSA) is 68.5 Å². The number of nitrogens with zero attached hydrogens (tertiary/aromatic N) is 2. The summed E-state index contributed by atoms with van der Waals surface area (Å²) in [6.07, 6.45) is -0.241. The highest BCUT2D eigenvalue weighted by Crippen LogP contribution is 2.28. The molecular weight excluding hydrogens is 334 g/mol. The maximum absolute atomic E-state index is 12.9. The number of hydrogen-bond acceptors (Lipinski definition) is 5. The van der Waals surface area contributed by atoms with Gasteiger partial charge in [0.2, 0.25) is 0 Å². The van der Waals surface area contributed by atoms with Crippen molar-refractivity contribution in [2.24, 2.45) is 0 Å². The number of aryl methyl sites for hydroxylation is 1. The highest BCUT2D eigenvalue weighted by molar-refractivity contribution is 7.20. The second-order valence-corrected chi connectivity index (χ2v) is 7.31. The molecule has 128 valence electrons. The SMILES string of the molecule is Cc1cc(N)cc([C@H]2CN(C(=O)c3cc4ccccc4s3)CCO2)n1. The normalized spacial score (nSPS) is 17.8. The number of amides is 1. The Bertz CT molecular complexity index is 884. The van der Waals surface area contributed by atoms with Crippen LogP contribution in [-0.2, 0) is 4.74 Å². The minimum Gasteiger partial charge on any atom is -0.399 e. The van der Waals surface area contributed by atoms with Crippen molar-refractivity contribution in [2.45, 2.75) is 13.0 Å². The Morgan fingerprint density at radius 1 is 1.32 bits per heavy atom. The molecule has 1 aliphatic rings. The van der Waals surface area contributed by atoms with Crippen LogP contribution in [0, 0.1) is 6.92 Å². The van der Waals surface area contributed by atoms with Gasteiger partial charge >= 0.3 is 0 Å². The number of rotatable bonds is 2. The van der Waals surface area contributed by atoms with Gasteiger partial charge in [-0.3, -0.25) is 9.78 Å². The first-order valence-electron chi connectivity index (χ1n) is 8.24. The van der Waals surface area contributed by atoms with E-state index in [0.29, 0.717) is 25.4 Å². The Hall–Kier alpha value is -2.44. The molecule has 1 aliphatic heterocycles. The van der Waals surface area contributed by atoms with Crippen LogP contribution in [-0.4, -0.2) is 35.5 Å². The van der Waals surface area contributed by atoms with E-state index in [9.17, 15) is 4.79 Å². The minimum atomic E-state index is -0.241. The predicted molar refractivity (Wildman–Crippen MR) is 99.8 cm³/mol. The molecule has 2 aromatic heterocycles. The highest BCUT2D eigenvalue weighted by Gasteiger charge is 2.28. The molecule has 2 N–H and O–H groups in total. The predicted octanol–water partition coefficient (Wildman–Crippen LogP) is 3.40. The van der Waals surface area contributed by atoms with Crippen LogP contribution in [0.1, 0.15) is 27.2 Å². The molecule has 1 amide bonds. The van der Waals surface area contributed by atoms with Crippen LogP contribution in [0.5, 0.6) is 0 Å². The summed E-state index contributed by atoms with van der Waals surface area (Å²) in [7, 11) is 0. The Morgan fingerprint density at radius 3 is 2.96 bits per heavy atom. The molecule has 0 bridgehead atoms. The van der Waals surface area contributed by atoms with E-state index in [2.05, 4.69) is 4.98 Å². The van der Waals surface area contributed by atoms with Gasteiger partial charge in [-0.05, 0) is 36.6 Å². The molecule has 1 aromatic carbocycles. The van der Waals surface area contributed by atoms with Crippen LogP contribution >= 0.6 is 11.3 Å². The Kier molecular flexibility index (Phi) is 4.15. The van der Waals surface area contributed by atoms with E-state index < -0.39 is 0 Å². The number of aromatic nitrogens is 1. The van der Waals surface area contributed by atoms with Gasteiger partial charge in [-0.2, -0.15) is 0 Å². The van der Waals surface area contributed by atoms with Gasteiger partial charge in [-0.25, -0.2) is 0 Å². The van der Waals surface area contributed by atoms with E-state index in [1.807, 2.05) is 54.3 Å². The smallest absolute Gasteiger partial charge is 0.264 e. The largest absolute Gasteiger partial charge is 0.399 e. The molecule has 0 unspecified atom stereocenters. The molecule has 5 nitrogen and oxygen atoms in total. The van der Waals surface area contributed by atoms with Gasteiger partial charge in [0.25, 0.3) is 5.91 Å². The molecule has 0 spiro atoms. The third-order valence-corrected chi connectivity index (χ3v) is 5.42. The van der Waals surface area contributed by atoms with Crippen molar-refractivity contribution < 1.29 is 9.53 Å². The van der Waals surface area contributed by atoms with Crippen molar-refractivity contribution in [3.63, 3.8) is 0 Å². The second kappa shape index (κ2) is 6.46. The molecular formula is C19H19N3O2S. The number of pyridine rings is 1. The van der Waals surface area contributed by atoms with Crippen molar-refractivity contribution in [1.82, 2.24) is 9.88 Å². The Labute approximate surface area is 150 Å². The van der Waals surface area contributed by atoms with Crippen LogP contribution in [0.15, 0.2) is 42.5 Å². The van der Waals surface area contributed by atoms with Gasteiger partial charge in [-0.15, -0.1) is 11.3 Å². The summed E-state index contributed by atoms with van der Waals surface area (Å²) in [5.74, 6) is 0.0510. The first-order chi connectivity index (χ1) is 12.1. The molecule has 3 heterocycles. The third-order valence-electron chi connectivity index (χ3n) is 4.32. The quantitative estimate of drug-likeness (QED) is 0.767. The number of nitrogen functional groups attached to an aromatic ring is 1. The zero-order valence-electron chi connectivity index (χ0n) is 13.9. The van der Waals surface area contributed by atoms with E-state index in [1.165, 1.54) is 11.3 Å². The third kappa shape index (κ3) is 3.23. The number of ether oxygens (including phenoxy) is 1. The minimum absolute atomic E-state index is 0.0510. The van der Waals surface area contributed by atoms with Crippen LogP contribution < -0.4 is 5.73 Å². The number of morpholine rings is 1. The molecule has 4 rings (SSSR count). The zero-order valence-corrected chi connectivity index (χ0v) is 14.8. The average molecular weight is 353 g/mol. The number of hydrogen-bond donors (Lipinski definition) is 1. The Balaban J connectivity index is 1.57. The lowest BCUT2D eigenvalue weighted by Gasteiger charge is -2.32. The van der Waals surface area contributed by atoms with Crippen LogP contribution in [0.25, 0.3) is 10.1 Å². The zero-order chi connectivity index (χ0) is 17.4. The van der Waals surface area contributed by atoms with Crippen molar-refractivity contribution >= 4 is 33.0 Å². The summed E-state index contributed by atoms with van der Waals surface area (Å²) in [5.41, 5.74) is 8.22. The van der Waals surface area contributed by atoms with Gasteiger partial charge in [0.05, 0.1) is 23.7 Å². The first-order valence-corrected chi connectivity index (χ1v) is 9.05. The fourth-order valence-corrected chi connectivity index (χ4v) is 4.17. The fraction of sp³-hybridized carbons (Fsp3) is 0.263. The Morgan fingerprint density at radius 2 is 2.16 bits per heavy atom. The molecule has 1 atom stereocenters. The maximum Gasteiger partial charge on any atom is 0.264 e. The van der Waals surface area contributed by atoms with Crippen LogP contribution in [0.2, 0.25) is 0 Å². The number of fused-ring (bicyclic) bond motifs is 1. The summed E-state index contributed by atoms with van der Waals surface area (Å²) >= 11 is 1.53. The summed E-state index contributed by atoms with van der Waals surface area (Å²) in [4.78, 5) is 20.0. The molecule has 1 fully saturated rings. The maximum atomic E-state index is 12.9. The van der Waals surface area contributed by atoms with Gasteiger partial charge in [0, 0.05) is 22.6 Å². The van der Waals surface area contributed by atoms with Crippen LogP contribution in [0.3, 0.4) is 0 Å². The van der Waals surface area contributed by atoms with Gasteiger partial charge in [-0.1, -0.05) is 18.2 Å². The monoisotopic (exact) mass is 353 g/mol. The summed E-state index contributed by atoms with van der Waals surface area (Å²) in [5, 5.41) is 1.11.